The molecule has 1 heterocycles. The Balaban J connectivity index is 2.00. The molecule has 23 heavy (non-hydrogen) atoms. The van der Waals surface area contributed by atoms with Crippen LogP contribution in [0.3, 0.4) is 0 Å². The molecule has 0 aliphatic rings. The zero-order chi connectivity index (χ0) is 16.2. The number of H-pyrrole nitrogens is 1. The molecule has 3 aromatic rings. The molecule has 0 radical (unpaired) electrons. The highest BCUT2D eigenvalue weighted by Gasteiger charge is 2.16. The molecular weight excluding hydrogens is 292 g/mol. The number of methoxy groups -OCH3 is 1. The van der Waals surface area contributed by atoms with Crippen molar-refractivity contribution in [3.8, 4) is 22.6 Å². The smallest absolute Gasteiger partial charge is 0.341 e. The number of aromatic nitrogens is 2. The van der Waals surface area contributed by atoms with Crippen LogP contribution in [0.4, 0.5) is 0 Å². The van der Waals surface area contributed by atoms with Crippen LogP contribution in [-0.4, -0.2) is 23.3 Å². The first kappa shape index (κ1) is 14.8. The van der Waals surface area contributed by atoms with Crippen LogP contribution < -0.4 is 4.74 Å². The van der Waals surface area contributed by atoms with E-state index >= 15 is 0 Å². The lowest BCUT2D eigenvalue weighted by Crippen LogP contribution is -2.04. The molecule has 0 bridgehead atoms. The van der Waals surface area contributed by atoms with Gasteiger partial charge in [0.05, 0.1) is 13.3 Å². The van der Waals surface area contributed by atoms with Gasteiger partial charge in [-0.1, -0.05) is 18.2 Å². The van der Waals surface area contributed by atoms with Crippen molar-refractivity contribution >= 4 is 5.97 Å². The Labute approximate surface area is 133 Å². The standard InChI is InChI=1S/C18H16N2O3/c1-12-4-3-5-15(8-12)23-17-7-6-13(14-10-19-20-11-14)9-16(17)18(21)22-2/h3-11H,1-2H3,(H,19,20). The van der Waals surface area contributed by atoms with Crippen LogP contribution >= 0.6 is 0 Å². The van der Waals surface area contributed by atoms with E-state index in [1.165, 1.54) is 7.11 Å². The highest BCUT2D eigenvalue weighted by molar-refractivity contribution is 5.94. The predicted octanol–water partition coefficient (Wildman–Crippen LogP) is 3.96. The monoisotopic (exact) mass is 308 g/mol. The van der Waals surface area contributed by atoms with Gasteiger partial charge in [0.2, 0.25) is 0 Å². The number of hydrogen-bond acceptors (Lipinski definition) is 4. The summed E-state index contributed by atoms with van der Waals surface area (Å²) in [5, 5.41) is 6.67. The van der Waals surface area contributed by atoms with Crippen LogP contribution in [0.15, 0.2) is 54.9 Å². The van der Waals surface area contributed by atoms with Gasteiger partial charge in [-0.2, -0.15) is 5.10 Å². The summed E-state index contributed by atoms with van der Waals surface area (Å²) in [6.45, 7) is 1.98. The van der Waals surface area contributed by atoms with Crippen LogP contribution in [0.25, 0.3) is 11.1 Å². The summed E-state index contributed by atoms with van der Waals surface area (Å²) in [7, 11) is 1.35. The largest absolute Gasteiger partial charge is 0.465 e. The van der Waals surface area contributed by atoms with E-state index in [0.29, 0.717) is 17.1 Å². The predicted molar refractivity (Wildman–Crippen MR) is 86.6 cm³/mol. The van der Waals surface area contributed by atoms with E-state index in [9.17, 15) is 4.79 Å². The molecule has 5 heteroatoms. The van der Waals surface area contributed by atoms with E-state index in [4.69, 9.17) is 9.47 Å². The lowest BCUT2D eigenvalue weighted by molar-refractivity contribution is 0.0598. The van der Waals surface area contributed by atoms with Crippen LogP contribution in [0.2, 0.25) is 0 Å². The number of hydrogen-bond donors (Lipinski definition) is 1. The molecule has 0 saturated heterocycles. The summed E-state index contributed by atoms with van der Waals surface area (Å²) in [4.78, 5) is 12.1. The summed E-state index contributed by atoms with van der Waals surface area (Å²) < 4.78 is 10.7. The molecule has 0 unspecified atom stereocenters. The number of carbonyl (C=O) groups excluding carboxylic acids is 1. The number of aryl methyl sites for hydroxylation is 1. The van der Waals surface area contributed by atoms with Gasteiger partial charge in [-0.05, 0) is 42.3 Å². The van der Waals surface area contributed by atoms with Crippen molar-refractivity contribution in [3.05, 3.63) is 66.0 Å². The zero-order valence-corrected chi connectivity index (χ0v) is 12.9. The van der Waals surface area contributed by atoms with Gasteiger partial charge in [0.25, 0.3) is 0 Å². The maximum Gasteiger partial charge on any atom is 0.341 e. The molecule has 0 atom stereocenters. The first-order valence-electron chi connectivity index (χ1n) is 7.13. The van der Waals surface area contributed by atoms with Crippen molar-refractivity contribution in [2.75, 3.05) is 7.11 Å². The topological polar surface area (TPSA) is 64.2 Å². The maximum absolute atomic E-state index is 12.1. The van der Waals surface area contributed by atoms with Crippen molar-refractivity contribution in [1.29, 1.82) is 0 Å². The number of rotatable bonds is 4. The molecular formula is C18H16N2O3. The van der Waals surface area contributed by atoms with Crippen LogP contribution in [0.5, 0.6) is 11.5 Å². The highest BCUT2D eigenvalue weighted by Crippen LogP contribution is 2.30. The van der Waals surface area contributed by atoms with Crippen molar-refractivity contribution in [1.82, 2.24) is 10.2 Å². The molecule has 0 aliphatic heterocycles. The summed E-state index contributed by atoms with van der Waals surface area (Å²) in [5.74, 6) is 0.680. The number of nitrogens with one attached hydrogen (secondary N) is 1. The molecule has 116 valence electrons. The Morgan fingerprint density at radius 3 is 2.70 bits per heavy atom. The van der Waals surface area contributed by atoms with Crippen molar-refractivity contribution < 1.29 is 14.3 Å². The second kappa shape index (κ2) is 6.36. The van der Waals surface area contributed by atoms with Crippen molar-refractivity contribution in [2.45, 2.75) is 6.92 Å². The van der Waals surface area contributed by atoms with Gasteiger partial charge >= 0.3 is 5.97 Å². The van der Waals surface area contributed by atoms with Gasteiger partial charge in [0, 0.05) is 11.8 Å². The van der Waals surface area contributed by atoms with Crippen molar-refractivity contribution in [3.63, 3.8) is 0 Å². The number of ether oxygens (including phenoxy) is 2. The van der Waals surface area contributed by atoms with E-state index in [0.717, 1.165) is 16.7 Å². The minimum Gasteiger partial charge on any atom is -0.465 e. The molecule has 1 aromatic heterocycles. The van der Waals surface area contributed by atoms with Gasteiger partial charge in [-0.15, -0.1) is 0 Å². The minimum atomic E-state index is -0.446. The first-order chi connectivity index (χ1) is 11.2. The number of carbonyl (C=O) groups is 1. The zero-order valence-electron chi connectivity index (χ0n) is 12.9. The minimum absolute atomic E-state index is 0.368. The third kappa shape index (κ3) is 3.23. The Morgan fingerprint density at radius 2 is 2.00 bits per heavy atom. The third-order valence-electron chi connectivity index (χ3n) is 3.43. The molecule has 5 nitrogen and oxygen atoms in total. The molecule has 0 aliphatic carbocycles. The lowest BCUT2D eigenvalue weighted by Gasteiger charge is -2.11. The molecule has 1 N–H and O–H groups in total. The second-order valence-corrected chi connectivity index (χ2v) is 5.11. The lowest BCUT2D eigenvalue weighted by atomic mass is 10.1. The molecule has 2 aromatic carbocycles. The Hall–Kier alpha value is -3.08. The fourth-order valence-corrected chi connectivity index (χ4v) is 2.28. The number of benzene rings is 2. The molecule has 0 saturated carbocycles. The Morgan fingerprint density at radius 1 is 1.13 bits per heavy atom. The van der Waals surface area contributed by atoms with E-state index < -0.39 is 5.97 Å². The van der Waals surface area contributed by atoms with Crippen LogP contribution in [-0.2, 0) is 4.74 Å². The normalized spacial score (nSPS) is 10.3. The molecule has 3 rings (SSSR count). The second-order valence-electron chi connectivity index (χ2n) is 5.11. The van der Waals surface area contributed by atoms with Crippen molar-refractivity contribution in [2.24, 2.45) is 0 Å². The summed E-state index contributed by atoms with van der Waals surface area (Å²) in [5.41, 5.74) is 3.19. The van der Waals surface area contributed by atoms with E-state index in [1.807, 2.05) is 37.3 Å². The first-order valence-corrected chi connectivity index (χ1v) is 7.13. The molecule has 0 spiro atoms. The maximum atomic E-state index is 12.1. The van der Waals surface area contributed by atoms with Gasteiger partial charge < -0.3 is 9.47 Å². The molecule has 0 amide bonds. The average Bonchev–Trinajstić information content (AvgIpc) is 3.09. The highest BCUT2D eigenvalue weighted by atomic mass is 16.5. The SMILES string of the molecule is COC(=O)c1cc(-c2cn[nH]c2)ccc1Oc1cccc(C)c1. The van der Waals surface area contributed by atoms with Gasteiger partial charge in [-0.25, -0.2) is 4.79 Å². The van der Waals surface area contributed by atoms with E-state index in [1.54, 1.807) is 24.5 Å². The van der Waals surface area contributed by atoms with Gasteiger partial charge in [0.15, 0.2) is 0 Å². The molecule has 0 fully saturated rings. The Kier molecular flexibility index (Phi) is 4.10. The summed E-state index contributed by atoms with van der Waals surface area (Å²) in [6.07, 6.45) is 3.45. The quantitative estimate of drug-likeness (QED) is 0.741. The number of nitrogens with zero attached hydrogens (tertiary/aromatic N) is 1. The van der Waals surface area contributed by atoms with Crippen LogP contribution in [0.1, 0.15) is 15.9 Å². The number of aromatic amines is 1. The Bertz CT molecular complexity index is 826. The van der Waals surface area contributed by atoms with Gasteiger partial charge in [0.1, 0.15) is 17.1 Å². The fourth-order valence-electron chi connectivity index (χ4n) is 2.28. The van der Waals surface area contributed by atoms with Crippen LogP contribution in [0, 0.1) is 6.92 Å². The third-order valence-corrected chi connectivity index (χ3v) is 3.43. The average molecular weight is 308 g/mol. The summed E-state index contributed by atoms with van der Waals surface area (Å²) >= 11 is 0. The number of esters is 1. The van der Waals surface area contributed by atoms with E-state index in [-0.39, 0.29) is 0 Å². The summed E-state index contributed by atoms with van der Waals surface area (Å²) in [6, 6.07) is 13.0. The fraction of sp³-hybridized carbons (Fsp3) is 0.111. The van der Waals surface area contributed by atoms with E-state index in [2.05, 4.69) is 10.2 Å². The van der Waals surface area contributed by atoms with Gasteiger partial charge in [-0.3, -0.25) is 5.10 Å².